The topological polar surface area (TPSA) is 79.8 Å². The Labute approximate surface area is 175 Å². The van der Waals surface area contributed by atoms with E-state index in [1.54, 1.807) is 18.5 Å². The number of benzene rings is 2. The van der Waals surface area contributed by atoms with Crippen LogP contribution in [0.1, 0.15) is 21.6 Å². The first-order valence-electron chi connectivity index (χ1n) is 9.67. The standard InChI is InChI=1S/C24H21N5O/c30-24(27-16-18-8-3-1-4-9-18)21-14-22(26-17-19-10-7-13-25-15-19)29-23(28-21)20-11-5-2-6-12-20/h1-15H,16-17H2,(H,27,30)(H,26,28,29). The van der Waals surface area contributed by atoms with Crippen molar-refractivity contribution >= 4 is 11.7 Å². The maximum Gasteiger partial charge on any atom is 0.270 e. The SMILES string of the molecule is O=C(NCc1ccccc1)c1cc(NCc2cccnc2)nc(-c2ccccc2)n1. The van der Waals surface area contributed by atoms with Crippen LogP contribution in [0.3, 0.4) is 0 Å². The van der Waals surface area contributed by atoms with Crippen LogP contribution in [-0.4, -0.2) is 20.9 Å². The Hall–Kier alpha value is -4.06. The molecule has 0 saturated carbocycles. The highest BCUT2D eigenvalue weighted by molar-refractivity contribution is 5.93. The summed E-state index contributed by atoms with van der Waals surface area (Å²) in [6.45, 7) is 0.979. The number of pyridine rings is 1. The molecule has 6 nitrogen and oxygen atoms in total. The number of nitrogens with one attached hydrogen (secondary N) is 2. The summed E-state index contributed by atoms with van der Waals surface area (Å²) in [7, 11) is 0. The summed E-state index contributed by atoms with van der Waals surface area (Å²) in [5.41, 5.74) is 3.21. The minimum absolute atomic E-state index is 0.247. The van der Waals surface area contributed by atoms with Gasteiger partial charge in [0.15, 0.2) is 5.82 Å². The Balaban J connectivity index is 1.57. The molecule has 0 bridgehead atoms. The minimum Gasteiger partial charge on any atom is -0.366 e. The lowest BCUT2D eigenvalue weighted by molar-refractivity contribution is 0.0946. The van der Waals surface area contributed by atoms with E-state index in [0.29, 0.717) is 30.4 Å². The second kappa shape index (κ2) is 9.43. The van der Waals surface area contributed by atoms with Gasteiger partial charge in [-0.15, -0.1) is 0 Å². The molecule has 4 aromatic rings. The molecule has 0 fully saturated rings. The zero-order valence-corrected chi connectivity index (χ0v) is 16.3. The van der Waals surface area contributed by atoms with Crippen molar-refractivity contribution < 1.29 is 4.79 Å². The number of rotatable bonds is 7. The summed E-state index contributed by atoms with van der Waals surface area (Å²) in [5, 5.41) is 6.20. The molecule has 0 spiro atoms. The lowest BCUT2D eigenvalue weighted by Gasteiger charge is -2.11. The van der Waals surface area contributed by atoms with E-state index >= 15 is 0 Å². The fourth-order valence-electron chi connectivity index (χ4n) is 2.93. The quantitative estimate of drug-likeness (QED) is 0.493. The lowest BCUT2D eigenvalue weighted by Crippen LogP contribution is -2.24. The Kier molecular flexibility index (Phi) is 6.05. The van der Waals surface area contributed by atoms with Gasteiger partial charge in [-0.25, -0.2) is 9.97 Å². The van der Waals surface area contributed by atoms with Gasteiger partial charge in [-0.2, -0.15) is 0 Å². The molecular formula is C24H21N5O. The largest absolute Gasteiger partial charge is 0.366 e. The molecule has 0 aliphatic heterocycles. The van der Waals surface area contributed by atoms with Gasteiger partial charge in [-0.1, -0.05) is 66.7 Å². The maximum atomic E-state index is 12.8. The molecule has 30 heavy (non-hydrogen) atoms. The zero-order chi connectivity index (χ0) is 20.6. The number of carbonyl (C=O) groups is 1. The molecule has 2 aromatic heterocycles. The molecule has 1 amide bonds. The zero-order valence-electron chi connectivity index (χ0n) is 16.3. The van der Waals surface area contributed by atoms with Crippen LogP contribution in [0, 0.1) is 0 Å². The normalized spacial score (nSPS) is 10.4. The van der Waals surface area contributed by atoms with Crippen molar-refractivity contribution in [3.05, 3.63) is 108 Å². The third-order valence-electron chi connectivity index (χ3n) is 4.48. The predicted molar refractivity (Wildman–Crippen MR) is 117 cm³/mol. The van der Waals surface area contributed by atoms with Gasteiger partial charge in [-0.05, 0) is 17.2 Å². The molecule has 2 N–H and O–H groups in total. The molecule has 0 aliphatic carbocycles. The molecule has 0 aliphatic rings. The van der Waals surface area contributed by atoms with Crippen LogP contribution in [0.5, 0.6) is 0 Å². The fourth-order valence-corrected chi connectivity index (χ4v) is 2.93. The van der Waals surface area contributed by atoms with Crippen molar-refractivity contribution in [3.8, 4) is 11.4 Å². The molecule has 4 rings (SSSR count). The maximum absolute atomic E-state index is 12.8. The van der Waals surface area contributed by atoms with E-state index in [4.69, 9.17) is 0 Å². The van der Waals surface area contributed by atoms with E-state index < -0.39 is 0 Å². The van der Waals surface area contributed by atoms with Crippen molar-refractivity contribution in [1.82, 2.24) is 20.3 Å². The molecule has 0 unspecified atom stereocenters. The van der Waals surface area contributed by atoms with Crippen LogP contribution in [0.4, 0.5) is 5.82 Å². The number of nitrogens with zero attached hydrogens (tertiary/aromatic N) is 3. The molecule has 2 heterocycles. The van der Waals surface area contributed by atoms with Crippen LogP contribution in [0.2, 0.25) is 0 Å². The third kappa shape index (κ3) is 5.05. The number of amides is 1. The van der Waals surface area contributed by atoms with Gasteiger partial charge in [0.2, 0.25) is 0 Å². The molecule has 6 heteroatoms. The summed E-state index contributed by atoms with van der Waals surface area (Å²) in [6, 6.07) is 24.9. The summed E-state index contributed by atoms with van der Waals surface area (Å²) >= 11 is 0. The van der Waals surface area contributed by atoms with Gasteiger partial charge in [0.1, 0.15) is 11.5 Å². The average molecular weight is 395 g/mol. The number of hydrogen-bond acceptors (Lipinski definition) is 5. The van der Waals surface area contributed by atoms with E-state index in [1.807, 2.05) is 72.8 Å². The van der Waals surface area contributed by atoms with Crippen molar-refractivity contribution in [1.29, 1.82) is 0 Å². The van der Waals surface area contributed by atoms with Gasteiger partial charge < -0.3 is 10.6 Å². The third-order valence-corrected chi connectivity index (χ3v) is 4.48. The molecule has 0 saturated heterocycles. The number of anilines is 1. The fraction of sp³-hybridized carbons (Fsp3) is 0.0833. The van der Waals surface area contributed by atoms with Gasteiger partial charge in [0.25, 0.3) is 5.91 Å². The number of carbonyl (C=O) groups excluding carboxylic acids is 1. The Bertz CT molecular complexity index is 1100. The average Bonchev–Trinajstić information content (AvgIpc) is 2.83. The second-order valence-electron chi connectivity index (χ2n) is 6.71. The highest BCUT2D eigenvalue weighted by Crippen LogP contribution is 2.18. The first-order valence-corrected chi connectivity index (χ1v) is 9.67. The lowest BCUT2D eigenvalue weighted by atomic mass is 10.2. The van der Waals surface area contributed by atoms with Crippen LogP contribution >= 0.6 is 0 Å². The van der Waals surface area contributed by atoms with Crippen molar-refractivity contribution in [3.63, 3.8) is 0 Å². The van der Waals surface area contributed by atoms with Gasteiger partial charge >= 0.3 is 0 Å². The number of hydrogen-bond donors (Lipinski definition) is 2. The van der Waals surface area contributed by atoms with Crippen molar-refractivity contribution in [2.75, 3.05) is 5.32 Å². The van der Waals surface area contributed by atoms with Gasteiger partial charge in [0, 0.05) is 37.1 Å². The molecule has 0 atom stereocenters. The molecule has 0 radical (unpaired) electrons. The smallest absolute Gasteiger partial charge is 0.270 e. The highest BCUT2D eigenvalue weighted by Gasteiger charge is 2.13. The van der Waals surface area contributed by atoms with Gasteiger partial charge in [0.05, 0.1) is 0 Å². The van der Waals surface area contributed by atoms with Crippen molar-refractivity contribution in [2.24, 2.45) is 0 Å². The molecule has 148 valence electrons. The Morgan fingerprint density at radius 3 is 2.27 bits per heavy atom. The van der Waals surface area contributed by atoms with E-state index in [1.165, 1.54) is 0 Å². The second-order valence-corrected chi connectivity index (χ2v) is 6.71. The van der Waals surface area contributed by atoms with E-state index in [9.17, 15) is 4.79 Å². The predicted octanol–water partition coefficient (Wildman–Crippen LogP) is 4.08. The van der Waals surface area contributed by atoms with Crippen LogP contribution in [-0.2, 0) is 13.1 Å². The first kappa shape index (κ1) is 19.3. The Morgan fingerprint density at radius 1 is 0.800 bits per heavy atom. The summed E-state index contributed by atoms with van der Waals surface area (Å²) < 4.78 is 0. The van der Waals surface area contributed by atoms with Gasteiger partial charge in [-0.3, -0.25) is 9.78 Å². The van der Waals surface area contributed by atoms with Crippen LogP contribution in [0.15, 0.2) is 91.3 Å². The van der Waals surface area contributed by atoms with E-state index in [-0.39, 0.29) is 5.91 Å². The van der Waals surface area contributed by atoms with Crippen molar-refractivity contribution in [2.45, 2.75) is 13.1 Å². The Morgan fingerprint density at radius 2 is 1.53 bits per heavy atom. The van der Waals surface area contributed by atoms with Crippen LogP contribution in [0.25, 0.3) is 11.4 Å². The minimum atomic E-state index is -0.247. The summed E-state index contributed by atoms with van der Waals surface area (Å²) in [4.78, 5) is 26.0. The van der Waals surface area contributed by atoms with E-state index in [2.05, 4.69) is 25.6 Å². The summed E-state index contributed by atoms with van der Waals surface area (Å²) in [5.74, 6) is 0.831. The summed E-state index contributed by atoms with van der Waals surface area (Å²) in [6.07, 6.45) is 3.52. The molecule has 2 aromatic carbocycles. The highest BCUT2D eigenvalue weighted by atomic mass is 16.1. The monoisotopic (exact) mass is 395 g/mol. The molecular weight excluding hydrogens is 374 g/mol. The first-order chi connectivity index (χ1) is 14.8. The number of aromatic nitrogens is 3. The van der Waals surface area contributed by atoms with E-state index in [0.717, 1.165) is 16.7 Å². The van der Waals surface area contributed by atoms with Crippen LogP contribution < -0.4 is 10.6 Å².